The monoisotopic (exact) mass is 398 g/mol. The van der Waals surface area contributed by atoms with Crippen molar-refractivity contribution >= 4 is 28.5 Å². The smallest absolute Gasteiger partial charge is 0.226 e. The van der Waals surface area contributed by atoms with Gasteiger partial charge in [-0.05, 0) is 29.8 Å². The number of anilines is 1. The van der Waals surface area contributed by atoms with Crippen LogP contribution in [-0.2, 0) is 9.59 Å². The quantitative estimate of drug-likeness (QED) is 0.449. The number of carbonyl (C=O) groups is 2. The summed E-state index contributed by atoms with van der Waals surface area (Å²) in [5, 5.41) is 5.78. The van der Waals surface area contributed by atoms with E-state index in [9.17, 15) is 9.59 Å². The Bertz CT molecular complexity index is 1150. The van der Waals surface area contributed by atoms with E-state index < -0.39 is 0 Å². The molecule has 6 nitrogen and oxygen atoms in total. The third-order valence-electron chi connectivity index (χ3n) is 4.78. The Labute approximate surface area is 174 Å². The van der Waals surface area contributed by atoms with Gasteiger partial charge in [-0.15, -0.1) is 0 Å². The molecular weight excluding hydrogens is 376 g/mol. The van der Waals surface area contributed by atoms with Crippen LogP contribution in [0.3, 0.4) is 0 Å². The molecule has 150 valence electrons. The largest absolute Gasteiger partial charge is 0.349 e. The zero-order valence-electron chi connectivity index (χ0n) is 16.6. The minimum absolute atomic E-state index is 0.137. The SMILES string of the molecule is CC(=O)N[C@@H](CC(=O)Nc1cccc(-c2nc3ccccc3[nH]2)c1)c1ccccc1. The number of imidazole rings is 1. The van der Waals surface area contributed by atoms with Crippen LogP contribution in [0.15, 0.2) is 78.9 Å². The number of hydrogen-bond donors (Lipinski definition) is 3. The van der Waals surface area contributed by atoms with Crippen molar-refractivity contribution in [1.82, 2.24) is 15.3 Å². The maximum absolute atomic E-state index is 12.7. The number of hydrogen-bond acceptors (Lipinski definition) is 3. The molecule has 0 radical (unpaired) electrons. The standard InChI is InChI=1S/C24H22N4O2/c1-16(29)25-22(17-8-3-2-4-9-17)15-23(30)26-19-11-7-10-18(14-19)24-27-20-12-5-6-13-21(20)28-24/h2-14,22H,15H2,1H3,(H,25,29)(H,26,30)(H,27,28)/t22-/m0/s1. The first-order chi connectivity index (χ1) is 14.6. The fourth-order valence-corrected chi connectivity index (χ4v) is 3.41. The number of carbonyl (C=O) groups excluding carboxylic acids is 2. The van der Waals surface area contributed by atoms with Crippen molar-refractivity contribution in [2.24, 2.45) is 0 Å². The van der Waals surface area contributed by atoms with E-state index in [0.29, 0.717) is 5.69 Å². The third-order valence-corrected chi connectivity index (χ3v) is 4.78. The van der Waals surface area contributed by atoms with Crippen LogP contribution in [0.25, 0.3) is 22.4 Å². The average Bonchev–Trinajstić information content (AvgIpc) is 3.18. The van der Waals surface area contributed by atoms with Gasteiger partial charge in [-0.3, -0.25) is 9.59 Å². The summed E-state index contributed by atoms with van der Waals surface area (Å²) in [7, 11) is 0. The van der Waals surface area contributed by atoms with Gasteiger partial charge in [0.1, 0.15) is 5.82 Å². The summed E-state index contributed by atoms with van der Waals surface area (Å²) in [6, 6.07) is 24.4. The summed E-state index contributed by atoms with van der Waals surface area (Å²) in [5.74, 6) is 0.385. The van der Waals surface area contributed by atoms with Crippen molar-refractivity contribution in [2.75, 3.05) is 5.32 Å². The van der Waals surface area contributed by atoms with Crippen LogP contribution < -0.4 is 10.6 Å². The van der Waals surface area contributed by atoms with Crippen molar-refractivity contribution in [1.29, 1.82) is 0 Å². The molecule has 1 atom stereocenters. The number of nitrogens with one attached hydrogen (secondary N) is 3. The van der Waals surface area contributed by atoms with E-state index in [2.05, 4.69) is 20.6 Å². The van der Waals surface area contributed by atoms with Crippen LogP contribution in [0.1, 0.15) is 24.9 Å². The minimum Gasteiger partial charge on any atom is -0.349 e. The van der Waals surface area contributed by atoms with Crippen molar-refractivity contribution in [3.63, 3.8) is 0 Å². The summed E-state index contributed by atoms with van der Waals surface area (Å²) >= 11 is 0. The highest BCUT2D eigenvalue weighted by atomic mass is 16.2. The zero-order valence-corrected chi connectivity index (χ0v) is 16.6. The number of benzene rings is 3. The van der Waals surface area contributed by atoms with E-state index in [1.165, 1.54) is 6.92 Å². The molecule has 0 bridgehead atoms. The molecule has 0 unspecified atom stereocenters. The van der Waals surface area contributed by atoms with Crippen LogP contribution in [0.2, 0.25) is 0 Å². The Morgan fingerprint density at radius 2 is 1.73 bits per heavy atom. The number of H-pyrrole nitrogens is 1. The molecule has 3 aromatic carbocycles. The van der Waals surface area contributed by atoms with Gasteiger partial charge in [0.25, 0.3) is 0 Å². The fraction of sp³-hybridized carbons (Fsp3) is 0.125. The van der Waals surface area contributed by atoms with Crippen LogP contribution >= 0.6 is 0 Å². The lowest BCUT2D eigenvalue weighted by atomic mass is 10.0. The lowest BCUT2D eigenvalue weighted by Gasteiger charge is -2.18. The fourth-order valence-electron chi connectivity index (χ4n) is 3.41. The zero-order chi connectivity index (χ0) is 20.9. The Hall–Kier alpha value is -3.93. The molecular formula is C24H22N4O2. The minimum atomic E-state index is -0.387. The molecule has 2 amide bonds. The normalized spacial score (nSPS) is 11.8. The highest BCUT2D eigenvalue weighted by Gasteiger charge is 2.17. The van der Waals surface area contributed by atoms with E-state index in [1.807, 2.05) is 78.9 Å². The van der Waals surface area contributed by atoms with E-state index >= 15 is 0 Å². The Morgan fingerprint density at radius 1 is 0.967 bits per heavy atom. The van der Waals surface area contributed by atoms with Gasteiger partial charge in [-0.25, -0.2) is 4.98 Å². The van der Waals surface area contributed by atoms with Crippen LogP contribution in [0.4, 0.5) is 5.69 Å². The van der Waals surface area contributed by atoms with E-state index in [0.717, 1.165) is 28.0 Å². The van der Waals surface area contributed by atoms with Crippen molar-refractivity contribution in [2.45, 2.75) is 19.4 Å². The molecule has 0 aliphatic rings. The Kier molecular flexibility index (Phi) is 5.57. The second-order valence-electron chi connectivity index (χ2n) is 7.10. The number of fused-ring (bicyclic) bond motifs is 1. The Morgan fingerprint density at radius 3 is 2.50 bits per heavy atom. The lowest BCUT2D eigenvalue weighted by molar-refractivity contribution is -0.120. The molecule has 0 fully saturated rings. The molecule has 0 spiro atoms. The molecule has 1 heterocycles. The summed E-state index contributed by atoms with van der Waals surface area (Å²) in [6.45, 7) is 1.45. The molecule has 3 N–H and O–H groups in total. The summed E-state index contributed by atoms with van der Waals surface area (Å²) < 4.78 is 0. The van der Waals surface area contributed by atoms with Gasteiger partial charge < -0.3 is 15.6 Å². The van der Waals surface area contributed by atoms with Crippen LogP contribution in [-0.4, -0.2) is 21.8 Å². The first-order valence-corrected chi connectivity index (χ1v) is 9.75. The molecule has 4 rings (SSSR count). The second kappa shape index (κ2) is 8.61. The summed E-state index contributed by atoms with van der Waals surface area (Å²) in [6.07, 6.45) is 0.137. The molecule has 0 aliphatic carbocycles. The van der Waals surface area contributed by atoms with Gasteiger partial charge in [0.2, 0.25) is 11.8 Å². The Balaban J connectivity index is 1.50. The first kappa shape index (κ1) is 19.4. The number of para-hydroxylation sites is 2. The number of aromatic nitrogens is 2. The highest BCUT2D eigenvalue weighted by molar-refractivity contribution is 5.92. The molecule has 0 aliphatic heterocycles. The number of amides is 2. The number of rotatable bonds is 6. The third kappa shape index (κ3) is 4.55. The highest BCUT2D eigenvalue weighted by Crippen LogP contribution is 2.24. The molecule has 4 aromatic rings. The predicted octanol–water partition coefficient (Wildman–Crippen LogP) is 4.44. The van der Waals surface area contributed by atoms with Gasteiger partial charge in [0.05, 0.1) is 23.5 Å². The van der Waals surface area contributed by atoms with Gasteiger partial charge in [-0.2, -0.15) is 0 Å². The molecule has 0 saturated heterocycles. The average molecular weight is 398 g/mol. The number of aromatic amines is 1. The van der Waals surface area contributed by atoms with E-state index in [4.69, 9.17) is 0 Å². The van der Waals surface area contributed by atoms with Crippen LogP contribution in [0, 0.1) is 0 Å². The van der Waals surface area contributed by atoms with E-state index in [-0.39, 0.29) is 24.3 Å². The van der Waals surface area contributed by atoms with Gasteiger partial charge in [0.15, 0.2) is 0 Å². The molecule has 6 heteroatoms. The second-order valence-corrected chi connectivity index (χ2v) is 7.10. The molecule has 1 aromatic heterocycles. The van der Waals surface area contributed by atoms with Gasteiger partial charge in [-0.1, -0.05) is 54.6 Å². The molecule has 0 saturated carbocycles. The predicted molar refractivity (Wildman–Crippen MR) is 118 cm³/mol. The maximum atomic E-state index is 12.7. The maximum Gasteiger partial charge on any atom is 0.226 e. The van der Waals surface area contributed by atoms with Gasteiger partial charge in [0, 0.05) is 18.2 Å². The van der Waals surface area contributed by atoms with Crippen molar-refractivity contribution in [3.8, 4) is 11.4 Å². The lowest BCUT2D eigenvalue weighted by Crippen LogP contribution is -2.29. The first-order valence-electron chi connectivity index (χ1n) is 9.75. The van der Waals surface area contributed by atoms with Crippen molar-refractivity contribution in [3.05, 3.63) is 84.4 Å². The topological polar surface area (TPSA) is 86.9 Å². The number of nitrogens with zero attached hydrogens (tertiary/aromatic N) is 1. The molecule has 30 heavy (non-hydrogen) atoms. The van der Waals surface area contributed by atoms with E-state index in [1.54, 1.807) is 0 Å². The van der Waals surface area contributed by atoms with Gasteiger partial charge >= 0.3 is 0 Å². The summed E-state index contributed by atoms with van der Waals surface area (Å²) in [5.41, 5.74) is 4.29. The van der Waals surface area contributed by atoms with Crippen LogP contribution in [0.5, 0.6) is 0 Å². The van der Waals surface area contributed by atoms with Crippen molar-refractivity contribution < 1.29 is 9.59 Å². The summed E-state index contributed by atoms with van der Waals surface area (Å²) in [4.78, 5) is 32.2.